The Morgan fingerprint density at radius 3 is 2.00 bits per heavy atom. The minimum atomic E-state index is -0.754. The van der Waals surface area contributed by atoms with E-state index in [2.05, 4.69) is 5.32 Å². The van der Waals surface area contributed by atoms with E-state index in [9.17, 15) is 9.59 Å². The number of benzene rings is 2. The quantitative estimate of drug-likeness (QED) is 0.892. The molecule has 2 aromatic rings. The average Bonchev–Trinajstić information content (AvgIpc) is 3.41. The number of carbonyl (C=O) groups is 2. The standard InChI is InChI=1S/C22H26N2O2/c1-21(2,3)23-20(26)22(14-15-22)24(16-17-10-6-4-7-11-17)19(25)18-12-8-5-9-13-18/h4-13H,14-16H2,1-3H3,(H,23,26). The van der Waals surface area contributed by atoms with Crippen molar-refractivity contribution in [2.45, 2.75) is 51.2 Å². The van der Waals surface area contributed by atoms with Crippen molar-refractivity contribution in [1.29, 1.82) is 0 Å². The zero-order chi connectivity index (χ0) is 18.8. The second-order valence-electron chi connectivity index (χ2n) is 7.98. The highest BCUT2D eigenvalue weighted by molar-refractivity contribution is 6.00. The second kappa shape index (κ2) is 6.94. The Labute approximate surface area is 155 Å². The Kier molecular flexibility index (Phi) is 4.86. The lowest BCUT2D eigenvalue weighted by Gasteiger charge is -2.34. The molecule has 0 heterocycles. The Morgan fingerprint density at radius 1 is 0.962 bits per heavy atom. The number of hydrogen-bond donors (Lipinski definition) is 1. The molecular formula is C22H26N2O2. The van der Waals surface area contributed by atoms with Crippen molar-refractivity contribution in [3.8, 4) is 0 Å². The highest BCUT2D eigenvalue weighted by atomic mass is 16.2. The molecule has 1 aliphatic rings. The first kappa shape index (κ1) is 18.2. The summed E-state index contributed by atoms with van der Waals surface area (Å²) in [7, 11) is 0. The summed E-state index contributed by atoms with van der Waals surface area (Å²) in [6.07, 6.45) is 1.39. The maximum Gasteiger partial charge on any atom is 0.255 e. The molecule has 0 aliphatic heterocycles. The number of hydrogen-bond acceptors (Lipinski definition) is 2. The van der Waals surface area contributed by atoms with Gasteiger partial charge >= 0.3 is 0 Å². The summed E-state index contributed by atoms with van der Waals surface area (Å²) in [5.74, 6) is -0.166. The normalized spacial score (nSPS) is 15.2. The fourth-order valence-corrected chi connectivity index (χ4v) is 3.11. The van der Waals surface area contributed by atoms with Crippen LogP contribution in [0.5, 0.6) is 0 Å². The lowest BCUT2D eigenvalue weighted by molar-refractivity contribution is -0.128. The lowest BCUT2D eigenvalue weighted by atomic mass is 10.0. The zero-order valence-corrected chi connectivity index (χ0v) is 15.7. The van der Waals surface area contributed by atoms with Crippen molar-refractivity contribution >= 4 is 11.8 Å². The molecule has 3 rings (SSSR count). The molecule has 2 aromatic carbocycles. The van der Waals surface area contributed by atoms with E-state index in [1.807, 2.05) is 69.3 Å². The molecule has 0 unspecified atom stereocenters. The molecule has 0 bridgehead atoms. The molecule has 0 saturated heterocycles. The molecule has 4 nitrogen and oxygen atoms in total. The fourth-order valence-electron chi connectivity index (χ4n) is 3.11. The van der Waals surface area contributed by atoms with Gasteiger partial charge in [-0.3, -0.25) is 9.59 Å². The molecule has 0 atom stereocenters. The largest absolute Gasteiger partial charge is 0.349 e. The minimum absolute atomic E-state index is 0.0646. The third-order valence-electron chi connectivity index (χ3n) is 4.60. The summed E-state index contributed by atoms with van der Waals surface area (Å²) in [6.45, 7) is 6.30. The summed E-state index contributed by atoms with van der Waals surface area (Å²) in [5, 5.41) is 3.06. The molecule has 0 radical (unpaired) electrons. The van der Waals surface area contributed by atoms with Gasteiger partial charge in [-0.1, -0.05) is 48.5 Å². The molecule has 2 amide bonds. The van der Waals surface area contributed by atoms with Crippen LogP contribution in [-0.4, -0.2) is 27.8 Å². The Bertz CT molecular complexity index is 775. The van der Waals surface area contributed by atoms with E-state index in [1.54, 1.807) is 17.0 Å². The van der Waals surface area contributed by atoms with Gasteiger partial charge in [0.2, 0.25) is 5.91 Å². The van der Waals surface area contributed by atoms with Gasteiger partial charge in [-0.2, -0.15) is 0 Å². The maximum atomic E-state index is 13.3. The zero-order valence-electron chi connectivity index (χ0n) is 15.7. The van der Waals surface area contributed by atoms with Crippen LogP contribution in [0.3, 0.4) is 0 Å². The summed E-state index contributed by atoms with van der Waals surface area (Å²) in [4.78, 5) is 28.0. The van der Waals surface area contributed by atoms with Gasteiger partial charge in [0.25, 0.3) is 5.91 Å². The van der Waals surface area contributed by atoms with Gasteiger partial charge in [0.05, 0.1) is 0 Å². The van der Waals surface area contributed by atoms with Gasteiger partial charge in [-0.05, 0) is 51.3 Å². The predicted octanol–water partition coefficient (Wildman–Crippen LogP) is 3.78. The molecule has 1 fully saturated rings. The predicted molar refractivity (Wildman–Crippen MR) is 103 cm³/mol. The summed E-state index contributed by atoms with van der Waals surface area (Å²) < 4.78 is 0. The first-order chi connectivity index (χ1) is 12.3. The van der Waals surface area contributed by atoms with Crippen molar-refractivity contribution < 1.29 is 9.59 Å². The van der Waals surface area contributed by atoms with Crippen LogP contribution in [0.15, 0.2) is 60.7 Å². The second-order valence-corrected chi connectivity index (χ2v) is 7.98. The highest BCUT2D eigenvalue weighted by Crippen LogP contribution is 2.44. The topological polar surface area (TPSA) is 49.4 Å². The number of carbonyl (C=O) groups excluding carboxylic acids is 2. The molecule has 136 valence electrons. The molecule has 0 aromatic heterocycles. The number of rotatable bonds is 5. The van der Waals surface area contributed by atoms with E-state index in [1.165, 1.54) is 0 Å². The highest BCUT2D eigenvalue weighted by Gasteiger charge is 2.57. The summed E-state index contributed by atoms with van der Waals surface area (Å²) >= 11 is 0. The van der Waals surface area contributed by atoms with Crippen molar-refractivity contribution in [1.82, 2.24) is 10.2 Å². The van der Waals surface area contributed by atoms with Crippen LogP contribution < -0.4 is 5.32 Å². The first-order valence-corrected chi connectivity index (χ1v) is 9.05. The molecule has 4 heteroatoms. The summed E-state index contributed by atoms with van der Waals surface area (Å²) in [5.41, 5.74) is 0.543. The summed E-state index contributed by atoms with van der Waals surface area (Å²) in [6, 6.07) is 19.0. The van der Waals surface area contributed by atoms with Crippen molar-refractivity contribution in [3.05, 3.63) is 71.8 Å². The number of amides is 2. The van der Waals surface area contributed by atoms with Crippen molar-refractivity contribution in [2.75, 3.05) is 0 Å². The van der Waals surface area contributed by atoms with Gasteiger partial charge in [0.15, 0.2) is 0 Å². The van der Waals surface area contributed by atoms with E-state index in [-0.39, 0.29) is 17.4 Å². The van der Waals surface area contributed by atoms with Crippen molar-refractivity contribution in [2.24, 2.45) is 0 Å². The third kappa shape index (κ3) is 3.96. The number of nitrogens with zero attached hydrogens (tertiary/aromatic N) is 1. The lowest BCUT2D eigenvalue weighted by Crippen LogP contribution is -2.55. The molecule has 1 aliphatic carbocycles. The van der Waals surface area contributed by atoms with Crippen LogP contribution in [0.1, 0.15) is 49.5 Å². The van der Waals surface area contributed by atoms with Crippen molar-refractivity contribution in [3.63, 3.8) is 0 Å². The van der Waals surface area contributed by atoms with E-state index < -0.39 is 5.54 Å². The van der Waals surface area contributed by atoms with Gasteiger partial charge < -0.3 is 10.2 Å². The van der Waals surface area contributed by atoms with Crippen LogP contribution in [0.2, 0.25) is 0 Å². The van der Waals surface area contributed by atoms with Gasteiger partial charge in [0.1, 0.15) is 5.54 Å². The van der Waals surface area contributed by atoms with Gasteiger partial charge in [0, 0.05) is 17.6 Å². The van der Waals surface area contributed by atoms with Gasteiger partial charge in [-0.15, -0.1) is 0 Å². The Morgan fingerprint density at radius 2 is 1.50 bits per heavy atom. The molecule has 1 N–H and O–H groups in total. The third-order valence-corrected chi connectivity index (χ3v) is 4.60. The van der Waals surface area contributed by atoms with Crippen LogP contribution in [0.4, 0.5) is 0 Å². The fraction of sp³-hybridized carbons (Fsp3) is 0.364. The smallest absolute Gasteiger partial charge is 0.255 e. The Hall–Kier alpha value is -2.62. The molecule has 1 saturated carbocycles. The van der Waals surface area contributed by atoms with E-state index in [4.69, 9.17) is 0 Å². The molecule has 26 heavy (non-hydrogen) atoms. The molecular weight excluding hydrogens is 324 g/mol. The van der Waals surface area contributed by atoms with Crippen LogP contribution >= 0.6 is 0 Å². The van der Waals surface area contributed by atoms with Gasteiger partial charge in [-0.25, -0.2) is 0 Å². The van der Waals surface area contributed by atoms with Crippen LogP contribution in [-0.2, 0) is 11.3 Å². The maximum absolute atomic E-state index is 13.3. The first-order valence-electron chi connectivity index (χ1n) is 9.05. The average molecular weight is 350 g/mol. The monoisotopic (exact) mass is 350 g/mol. The molecule has 0 spiro atoms. The minimum Gasteiger partial charge on any atom is -0.349 e. The van der Waals surface area contributed by atoms with Crippen LogP contribution in [0, 0.1) is 0 Å². The van der Waals surface area contributed by atoms with Crippen LogP contribution in [0.25, 0.3) is 0 Å². The van der Waals surface area contributed by atoms with E-state index >= 15 is 0 Å². The van der Waals surface area contributed by atoms with E-state index in [0.717, 1.165) is 5.56 Å². The van der Waals surface area contributed by atoms with E-state index in [0.29, 0.717) is 24.9 Å². The number of nitrogens with one attached hydrogen (secondary N) is 1. The SMILES string of the molecule is CC(C)(C)NC(=O)C1(N(Cc2ccccc2)C(=O)c2ccccc2)CC1. The Balaban J connectivity index is 1.93.